The van der Waals surface area contributed by atoms with Crippen molar-refractivity contribution in [2.24, 2.45) is 0 Å². The number of rotatable bonds is 5. The smallest absolute Gasteiger partial charge is 0.138 e. The molecule has 1 saturated heterocycles. The van der Waals surface area contributed by atoms with Crippen molar-refractivity contribution in [1.82, 2.24) is 30.0 Å². The van der Waals surface area contributed by atoms with Gasteiger partial charge in [-0.1, -0.05) is 30.7 Å². The van der Waals surface area contributed by atoms with Crippen LogP contribution in [0.15, 0.2) is 79.3 Å². The van der Waals surface area contributed by atoms with E-state index in [-0.39, 0.29) is 5.82 Å². The largest absolute Gasteiger partial charge is 0.338 e. The summed E-state index contributed by atoms with van der Waals surface area (Å²) in [7, 11) is 0. The molecule has 2 aromatic carbocycles. The number of aromatic nitrogens is 5. The van der Waals surface area contributed by atoms with E-state index >= 15 is 0 Å². The minimum Gasteiger partial charge on any atom is -0.338 e. The van der Waals surface area contributed by atoms with Gasteiger partial charge in [0.1, 0.15) is 17.2 Å². The molecule has 1 aliphatic heterocycles. The Morgan fingerprint density at radius 2 is 1.74 bits per heavy atom. The van der Waals surface area contributed by atoms with Crippen LogP contribution in [0.2, 0.25) is 0 Å². The van der Waals surface area contributed by atoms with E-state index in [2.05, 4.69) is 54.3 Å². The quantitative estimate of drug-likeness (QED) is 0.267. The lowest BCUT2D eigenvalue weighted by molar-refractivity contribution is 0.220. The van der Waals surface area contributed by atoms with Crippen molar-refractivity contribution in [1.29, 1.82) is 0 Å². The van der Waals surface area contributed by atoms with E-state index < -0.39 is 0 Å². The first-order chi connectivity index (χ1) is 18.7. The highest BCUT2D eigenvalue weighted by molar-refractivity contribution is 6.00. The van der Waals surface area contributed by atoms with Crippen molar-refractivity contribution >= 4 is 21.9 Å². The van der Waals surface area contributed by atoms with Crippen molar-refractivity contribution in [3.63, 3.8) is 0 Å². The van der Waals surface area contributed by atoms with Crippen LogP contribution in [-0.4, -0.2) is 43.1 Å². The molecule has 6 aromatic rings. The van der Waals surface area contributed by atoms with Gasteiger partial charge in [-0.15, -0.1) is 0 Å². The molecule has 7 rings (SSSR count). The van der Waals surface area contributed by atoms with E-state index in [0.29, 0.717) is 11.2 Å². The van der Waals surface area contributed by atoms with Crippen LogP contribution in [0.4, 0.5) is 4.39 Å². The highest BCUT2D eigenvalue weighted by Gasteiger charge is 2.17. The zero-order valence-electron chi connectivity index (χ0n) is 20.9. The third-order valence-electron chi connectivity index (χ3n) is 7.50. The van der Waals surface area contributed by atoms with Crippen molar-refractivity contribution in [2.75, 3.05) is 13.1 Å². The maximum absolute atomic E-state index is 14.6. The number of likely N-dealkylation sites (tertiary alicyclic amines) is 1. The summed E-state index contributed by atoms with van der Waals surface area (Å²) in [6.07, 6.45) is 9.49. The zero-order chi connectivity index (χ0) is 25.5. The van der Waals surface area contributed by atoms with Crippen LogP contribution < -0.4 is 0 Å². The Morgan fingerprint density at radius 1 is 0.842 bits per heavy atom. The van der Waals surface area contributed by atoms with Crippen LogP contribution in [0.3, 0.4) is 0 Å². The molecule has 0 spiro atoms. The van der Waals surface area contributed by atoms with Gasteiger partial charge in [0.2, 0.25) is 0 Å². The number of halogens is 1. The average molecular weight is 503 g/mol. The number of H-pyrrole nitrogens is 2. The number of aromatic amines is 2. The van der Waals surface area contributed by atoms with Gasteiger partial charge in [-0.25, -0.2) is 9.37 Å². The maximum Gasteiger partial charge on any atom is 0.138 e. The van der Waals surface area contributed by atoms with Gasteiger partial charge in [-0.3, -0.25) is 15.0 Å². The Kier molecular flexibility index (Phi) is 5.70. The van der Waals surface area contributed by atoms with E-state index in [0.717, 1.165) is 64.0 Å². The molecule has 38 heavy (non-hydrogen) atoms. The van der Waals surface area contributed by atoms with Gasteiger partial charge < -0.3 is 4.98 Å². The maximum atomic E-state index is 14.6. The minimum absolute atomic E-state index is 0.256. The van der Waals surface area contributed by atoms with Gasteiger partial charge in [0.25, 0.3) is 0 Å². The Bertz CT molecular complexity index is 1760. The van der Waals surface area contributed by atoms with E-state index in [4.69, 9.17) is 0 Å². The second-order valence-corrected chi connectivity index (χ2v) is 10.0. The first-order valence-corrected chi connectivity index (χ1v) is 13.1. The summed E-state index contributed by atoms with van der Waals surface area (Å²) in [5.41, 5.74) is 8.05. The van der Waals surface area contributed by atoms with Crippen LogP contribution in [0, 0.1) is 5.82 Å². The van der Waals surface area contributed by atoms with Crippen LogP contribution >= 0.6 is 0 Å². The molecule has 4 aromatic heterocycles. The first kappa shape index (κ1) is 22.8. The van der Waals surface area contributed by atoms with E-state index in [1.807, 2.05) is 30.6 Å². The topological polar surface area (TPSA) is 73.5 Å². The summed E-state index contributed by atoms with van der Waals surface area (Å²) in [5, 5.41) is 9.65. The monoisotopic (exact) mass is 502 g/mol. The second kappa shape index (κ2) is 9.50. The molecule has 0 aliphatic carbocycles. The number of piperidine rings is 1. The van der Waals surface area contributed by atoms with Crippen LogP contribution in [0.25, 0.3) is 55.6 Å². The molecule has 0 amide bonds. The molecular formula is C31H27FN6. The fourth-order valence-corrected chi connectivity index (χ4v) is 5.58. The fourth-order valence-electron chi connectivity index (χ4n) is 5.58. The number of nitrogens with one attached hydrogen (secondary N) is 2. The van der Waals surface area contributed by atoms with Crippen molar-refractivity contribution < 1.29 is 4.39 Å². The molecule has 188 valence electrons. The van der Waals surface area contributed by atoms with Gasteiger partial charge in [0.05, 0.1) is 11.2 Å². The molecule has 6 nitrogen and oxygen atoms in total. The van der Waals surface area contributed by atoms with Gasteiger partial charge in [0, 0.05) is 47.0 Å². The molecule has 0 unspecified atom stereocenters. The number of fused-ring (bicyclic) bond motifs is 2. The Hall–Kier alpha value is -4.36. The second-order valence-electron chi connectivity index (χ2n) is 10.0. The molecule has 0 saturated carbocycles. The number of nitrogens with zero attached hydrogens (tertiary/aromatic N) is 4. The van der Waals surface area contributed by atoms with E-state index in [1.54, 1.807) is 18.3 Å². The summed E-state index contributed by atoms with van der Waals surface area (Å²) < 4.78 is 14.6. The summed E-state index contributed by atoms with van der Waals surface area (Å²) in [6.45, 7) is 3.26. The van der Waals surface area contributed by atoms with Gasteiger partial charge in [-0.2, -0.15) is 5.10 Å². The highest BCUT2D eigenvalue weighted by atomic mass is 19.1. The molecule has 0 atom stereocenters. The number of hydrogen-bond acceptors (Lipinski definition) is 4. The fraction of sp³-hybridized carbons (Fsp3) is 0.194. The number of hydrogen-bond donors (Lipinski definition) is 2. The molecular weight excluding hydrogens is 475 g/mol. The standard InChI is InChI=1S/C31H27FN6/c32-27-7-3-2-6-24(27)23-10-11-34-31-25(23)16-29(35-31)30-26-15-21(8-9-28(26)36-37-30)22-14-20(17-33-18-22)19-38-12-4-1-5-13-38/h2-3,6-11,14-18H,1,4-5,12-13,19H2,(H,34,35)(H,36,37). The predicted molar refractivity (Wildman–Crippen MR) is 149 cm³/mol. The summed E-state index contributed by atoms with van der Waals surface area (Å²) in [5.74, 6) is -0.256. The molecule has 1 aliphatic rings. The van der Waals surface area contributed by atoms with Crippen LogP contribution in [-0.2, 0) is 6.54 Å². The number of benzene rings is 2. The average Bonchev–Trinajstić information content (AvgIpc) is 3.58. The summed E-state index contributed by atoms with van der Waals surface area (Å²) >= 11 is 0. The lowest BCUT2D eigenvalue weighted by Crippen LogP contribution is -2.29. The van der Waals surface area contributed by atoms with Crippen LogP contribution in [0.5, 0.6) is 0 Å². The first-order valence-electron chi connectivity index (χ1n) is 13.1. The third kappa shape index (κ3) is 4.15. The predicted octanol–water partition coefficient (Wildman–Crippen LogP) is 6.96. The summed E-state index contributed by atoms with van der Waals surface area (Å²) in [6, 6.07) is 19.2. The Morgan fingerprint density at radius 3 is 2.63 bits per heavy atom. The number of pyridine rings is 2. The molecule has 7 heteroatoms. The molecule has 1 fully saturated rings. The van der Waals surface area contributed by atoms with Crippen molar-refractivity contribution in [3.8, 4) is 33.6 Å². The highest BCUT2D eigenvalue weighted by Crippen LogP contribution is 2.35. The zero-order valence-corrected chi connectivity index (χ0v) is 20.9. The molecule has 0 radical (unpaired) electrons. The Labute approximate surface area is 219 Å². The Balaban J connectivity index is 1.26. The van der Waals surface area contributed by atoms with Crippen molar-refractivity contribution in [3.05, 3.63) is 90.6 Å². The molecule has 2 N–H and O–H groups in total. The lowest BCUT2D eigenvalue weighted by Gasteiger charge is -2.26. The molecule has 5 heterocycles. The van der Waals surface area contributed by atoms with Crippen molar-refractivity contribution in [2.45, 2.75) is 25.8 Å². The van der Waals surface area contributed by atoms with Gasteiger partial charge in [0.15, 0.2) is 0 Å². The summed E-state index contributed by atoms with van der Waals surface area (Å²) in [4.78, 5) is 15.0. The SMILES string of the molecule is Fc1ccccc1-c1ccnc2[nH]c(-c3n[nH]c4ccc(-c5cncc(CN6CCCCC6)c5)cc34)cc12. The van der Waals surface area contributed by atoms with E-state index in [1.165, 1.54) is 30.9 Å². The van der Waals surface area contributed by atoms with E-state index in [9.17, 15) is 4.39 Å². The lowest BCUT2D eigenvalue weighted by atomic mass is 10.0. The van der Waals surface area contributed by atoms with Crippen LogP contribution in [0.1, 0.15) is 24.8 Å². The van der Waals surface area contributed by atoms with Gasteiger partial charge >= 0.3 is 0 Å². The normalized spacial score (nSPS) is 14.4. The molecule has 0 bridgehead atoms. The van der Waals surface area contributed by atoms with Gasteiger partial charge in [-0.05, 0) is 79.0 Å². The minimum atomic E-state index is -0.256. The third-order valence-corrected chi connectivity index (χ3v) is 7.50.